The molecular formula is C13H18F2N2. The molecule has 0 radical (unpaired) electrons. The second-order valence-corrected chi connectivity index (χ2v) is 4.69. The minimum absolute atomic E-state index is 0.142. The molecule has 0 amide bonds. The molecule has 1 atom stereocenters. The van der Waals surface area contributed by atoms with Crippen LogP contribution in [-0.4, -0.2) is 26.7 Å². The summed E-state index contributed by atoms with van der Waals surface area (Å²) in [5, 5.41) is 3.11. The van der Waals surface area contributed by atoms with E-state index in [9.17, 15) is 8.78 Å². The Labute approximate surface area is 101 Å². The Morgan fingerprint density at radius 2 is 2.18 bits per heavy atom. The van der Waals surface area contributed by atoms with E-state index >= 15 is 0 Å². The van der Waals surface area contributed by atoms with Crippen LogP contribution in [-0.2, 0) is 0 Å². The molecule has 0 bridgehead atoms. The lowest BCUT2D eigenvalue weighted by Crippen LogP contribution is -2.25. The molecule has 1 heterocycles. The fourth-order valence-electron chi connectivity index (χ4n) is 2.42. The molecule has 0 spiro atoms. The van der Waals surface area contributed by atoms with E-state index in [0.29, 0.717) is 11.5 Å². The van der Waals surface area contributed by atoms with Gasteiger partial charge in [-0.1, -0.05) is 6.07 Å². The number of rotatable bonds is 3. The third-order valence-corrected chi connectivity index (χ3v) is 3.35. The van der Waals surface area contributed by atoms with Gasteiger partial charge >= 0.3 is 0 Å². The number of benzene rings is 1. The molecule has 94 valence electrons. The van der Waals surface area contributed by atoms with Crippen molar-refractivity contribution in [2.24, 2.45) is 5.92 Å². The topological polar surface area (TPSA) is 15.3 Å². The van der Waals surface area contributed by atoms with Gasteiger partial charge in [0.15, 0.2) is 5.82 Å². The average molecular weight is 240 g/mol. The highest BCUT2D eigenvalue weighted by atomic mass is 19.1. The average Bonchev–Trinajstić information content (AvgIpc) is 2.73. The predicted octanol–water partition coefficient (Wildman–Crippen LogP) is 2.32. The van der Waals surface area contributed by atoms with Gasteiger partial charge < -0.3 is 10.2 Å². The molecule has 1 unspecified atom stereocenters. The molecule has 17 heavy (non-hydrogen) atoms. The molecule has 1 fully saturated rings. The SMILES string of the molecule is CNCC1CCN(c2c(F)ccc(C)c2F)C1. The Balaban J connectivity index is 2.21. The van der Waals surface area contributed by atoms with Gasteiger partial charge in [0.05, 0.1) is 0 Å². The van der Waals surface area contributed by atoms with E-state index in [0.717, 1.165) is 26.1 Å². The van der Waals surface area contributed by atoms with Crippen molar-refractivity contribution in [3.63, 3.8) is 0 Å². The van der Waals surface area contributed by atoms with Crippen molar-refractivity contribution in [2.45, 2.75) is 13.3 Å². The van der Waals surface area contributed by atoms with Gasteiger partial charge in [0.25, 0.3) is 0 Å². The highest BCUT2D eigenvalue weighted by molar-refractivity contribution is 5.52. The maximum atomic E-state index is 13.9. The summed E-state index contributed by atoms with van der Waals surface area (Å²) in [5.41, 5.74) is 0.641. The van der Waals surface area contributed by atoms with Crippen molar-refractivity contribution in [1.82, 2.24) is 5.32 Å². The van der Waals surface area contributed by atoms with Crippen molar-refractivity contribution in [3.05, 3.63) is 29.3 Å². The molecule has 1 saturated heterocycles. The number of hydrogen-bond donors (Lipinski definition) is 1. The molecule has 2 rings (SSSR count). The van der Waals surface area contributed by atoms with Crippen LogP contribution in [0.4, 0.5) is 14.5 Å². The van der Waals surface area contributed by atoms with Crippen LogP contribution in [0.1, 0.15) is 12.0 Å². The Bertz CT molecular complexity index is 407. The summed E-state index contributed by atoms with van der Waals surface area (Å²) >= 11 is 0. The van der Waals surface area contributed by atoms with Crippen LogP contribution in [0.2, 0.25) is 0 Å². The van der Waals surface area contributed by atoms with Crippen LogP contribution in [0.5, 0.6) is 0 Å². The van der Waals surface area contributed by atoms with Crippen molar-refractivity contribution in [1.29, 1.82) is 0 Å². The zero-order chi connectivity index (χ0) is 12.4. The van der Waals surface area contributed by atoms with Gasteiger partial charge in [-0.15, -0.1) is 0 Å². The molecule has 0 aliphatic carbocycles. The van der Waals surface area contributed by atoms with Crippen LogP contribution in [0, 0.1) is 24.5 Å². The molecule has 0 saturated carbocycles. The summed E-state index contributed by atoms with van der Waals surface area (Å²) < 4.78 is 27.6. The molecule has 1 aliphatic rings. The lowest BCUT2D eigenvalue weighted by atomic mass is 10.1. The largest absolute Gasteiger partial charge is 0.366 e. The summed E-state index contributed by atoms with van der Waals surface area (Å²) in [6.45, 7) is 4.01. The standard InChI is InChI=1S/C13H18F2N2/c1-9-3-4-11(14)13(12(9)15)17-6-5-10(8-17)7-16-2/h3-4,10,16H,5-8H2,1-2H3. The van der Waals surface area contributed by atoms with Gasteiger partial charge in [-0.25, -0.2) is 8.78 Å². The number of nitrogens with one attached hydrogen (secondary N) is 1. The van der Waals surface area contributed by atoms with E-state index in [-0.39, 0.29) is 5.69 Å². The molecule has 0 aromatic heterocycles. The van der Waals surface area contributed by atoms with Crippen molar-refractivity contribution in [3.8, 4) is 0 Å². The highest BCUT2D eigenvalue weighted by Crippen LogP contribution is 2.30. The van der Waals surface area contributed by atoms with Crippen molar-refractivity contribution < 1.29 is 8.78 Å². The molecule has 1 aliphatic heterocycles. The van der Waals surface area contributed by atoms with Crippen molar-refractivity contribution >= 4 is 5.69 Å². The second-order valence-electron chi connectivity index (χ2n) is 4.69. The number of aryl methyl sites for hydroxylation is 1. The number of anilines is 1. The fraction of sp³-hybridized carbons (Fsp3) is 0.538. The monoisotopic (exact) mass is 240 g/mol. The third kappa shape index (κ3) is 2.41. The van der Waals surface area contributed by atoms with Gasteiger partial charge in [0.1, 0.15) is 11.5 Å². The summed E-state index contributed by atoms with van der Waals surface area (Å²) in [7, 11) is 1.90. The fourth-order valence-corrected chi connectivity index (χ4v) is 2.42. The minimum atomic E-state index is -0.460. The predicted molar refractivity (Wildman–Crippen MR) is 65.3 cm³/mol. The van der Waals surface area contributed by atoms with E-state index in [4.69, 9.17) is 0 Å². The smallest absolute Gasteiger partial charge is 0.152 e. The Morgan fingerprint density at radius 3 is 2.88 bits per heavy atom. The third-order valence-electron chi connectivity index (χ3n) is 3.35. The summed E-state index contributed by atoms with van der Waals surface area (Å²) in [5.74, 6) is -0.410. The van der Waals surface area contributed by atoms with E-state index < -0.39 is 11.6 Å². The maximum absolute atomic E-state index is 13.9. The van der Waals surface area contributed by atoms with Crippen LogP contribution in [0.3, 0.4) is 0 Å². The number of halogens is 2. The lowest BCUT2D eigenvalue weighted by molar-refractivity contribution is 0.543. The first-order valence-corrected chi connectivity index (χ1v) is 5.97. The zero-order valence-electron chi connectivity index (χ0n) is 10.3. The molecular weight excluding hydrogens is 222 g/mol. The van der Waals surface area contributed by atoms with Crippen LogP contribution in [0.15, 0.2) is 12.1 Å². The number of nitrogens with zero attached hydrogens (tertiary/aromatic N) is 1. The Morgan fingerprint density at radius 1 is 1.41 bits per heavy atom. The number of hydrogen-bond acceptors (Lipinski definition) is 2. The van der Waals surface area contributed by atoms with Gasteiger partial charge in [-0.2, -0.15) is 0 Å². The normalized spacial score (nSPS) is 20.0. The lowest BCUT2D eigenvalue weighted by Gasteiger charge is -2.20. The Kier molecular flexibility index (Phi) is 3.62. The van der Waals surface area contributed by atoms with E-state index in [1.165, 1.54) is 12.1 Å². The van der Waals surface area contributed by atoms with Crippen LogP contribution in [0.25, 0.3) is 0 Å². The van der Waals surface area contributed by atoms with Gasteiger partial charge in [0, 0.05) is 13.1 Å². The first-order valence-electron chi connectivity index (χ1n) is 5.97. The zero-order valence-corrected chi connectivity index (χ0v) is 10.3. The van der Waals surface area contributed by atoms with Gasteiger partial charge in [-0.3, -0.25) is 0 Å². The first kappa shape index (κ1) is 12.3. The van der Waals surface area contributed by atoms with Gasteiger partial charge in [-0.05, 0) is 44.5 Å². The molecule has 1 aromatic rings. The summed E-state index contributed by atoms with van der Waals surface area (Å²) in [6, 6.07) is 2.83. The van der Waals surface area contributed by atoms with Crippen LogP contribution >= 0.6 is 0 Å². The molecule has 1 N–H and O–H groups in total. The molecule has 4 heteroatoms. The summed E-state index contributed by atoms with van der Waals surface area (Å²) in [4.78, 5) is 1.82. The Hall–Kier alpha value is -1.16. The quantitative estimate of drug-likeness (QED) is 0.872. The second kappa shape index (κ2) is 5.00. The van der Waals surface area contributed by atoms with Crippen molar-refractivity contribution in [2.75, 3.05) is 31.6 Å². The highest BCUT2D eigenvalue weighted by Gasteiger charge is 2.26. The molecule has 2 nitrogen and oxygen atoms in total. The van der Waals surface area contributed by atoms with E-state index in [2.05, 4.69) is 5.32 Å². The first-order chi connectivity index (χ1) is 8.13. The van der Waals surface area contributed by atoms with E-state index in [1.807, 2.05) is 11.9 Å². The molecule has 1 aromatic carbocycles. The van der Waals surface area contributed by atoms with E-state index in [1.54, 1.807) is 6.92 Å². The van der Waals surface area contributed by atoms with Crippen LogP contribution < -0.4 is 10.2 Å². The summed E-state index contributed by atoms with van der Waals surface area (Å²) in [6.07, 6.45) is 0.980. The van der Waals surface area contributed by atoms with Gasteiger partial charge in [0.2, 0.25) is 0 Å². The minimum Gasteiger partial charge on any atom is -0.366 e. The maximum Gasteiger partial charge on any atom is 0.152 e.